The first-order valence-corrected chi connectivity index (χ1v) is 2.22. The fourth-order valence-electron chi connectivity index (χ4n) is 0.443. The Morgan fingerprint density at radius 3 is 3.33 bits per heavy atom. The van der Waals surface area contributed by atoms with Gasteiger partial charge in [-0.2, -0.15) is 5.10 Å². The fourth-order valence-corrected chi connectivity index (χ4v) is 0.443. The van der Waals surface area contributed by atoms with E-state index in [4.69, 9.17) is 2.84 Å². The topological polar surface area (TPSA) is 78.8 Å². The van der Waals surface area contributed by atoms with E-state index in [0.29, 0.717) is 5.42 Å². The summed E-state index contributed by atoms with van der Waals surface area (Å²) in [7, 11) is 0. The first-order valence-electron chi connectivity index (χ1n) is 3.07. The molecule has 5 heteroatoms. The van der Waals surface area contributed by atoms with Crippen molar-refractivity contribution in [1.29, 1.82) is 1.43 Å². The fraction of sp³-hybridized carbons (Fsp3) is 0.250. The Kier molecular flexibility index (Phi) is 0.739. The number of nitrogens with zero attached hydrogens (tertiary/aromatic N) is 1. The molecule has 0 fully saturated rings. The average molecular weight is 132 g/mol. The summed E-state index contributed by atoms with van der Waals surface area (Å²) in [6, 6.07) is 0. The number of carbonyl (C=O) groups is 2. The first-order chi connectivity index (χ1) is 5.15. The maximum Gasteiger partial charge on any atom is 0.352 e. The Morgan fingerprint density at radius 2 is 2.89 bits per heavy atom. The van der Waals surface area contributed by atoms with Gasteiger partial charge in [-0.3, -0.25) is 4.79 Å². The highest BCUT2D eigenvalue weighted by atomic mass is 16.4. The van der Waals surface area contributed by atoms with Crippen molar-refractivity contribution in [2.45, 2.75) is 6.42 Å². The third-order valence-electron chi connectivity index (χ3n) is 0.837. The summed E-state index contributed by atoms with van der Waals surface area (Å²) in [6.07, 6.45) is -0.263. The predicted octanol–water partition coefficient (Wildman–Crippen LogP) is -1.05. The number of amides is 1. The van der Waals surface area contributed by atoms with E-state index in [-0.39, 0.29) is 12.1 Å². The summed E-state index contributed by atoms with van der Waals surface area (Å²) in [5, 5.41) is 6.76. The standard InChI is InChI=1S/C4H4N2O3/c7-3-1-2(4(8)9)5-6-3/h1H2,(H,6,7)(H,8,9)/i/hT2. The molecule has 1 aliphatic heterocycles. The lowest BCUT2D eigenvalue weighted by Gasteiger charge is -1.81. The number of hydrazone groups is 1. The van der Waals surface area contributed by atoms with Crippen LogP contribution < -0.4 is 5.42 Å². The van der Waals surface area contributed by atoms with Gasteiger partial charge in [-0.1, -0.05) is 0 Å². The Bertz CT molecular complexity index is 239. The molecule has 1 amide bonds. The Labute approximate surface area is 53.3 Å². The molecular formula is C4H4N2O3. The lowest BCUT2D eigenvalue weighted by atomic mass is 10.3. The van der Waals surface area contributed by atoms with Crippen LogP contribution in [0.3, 0.4) is 0 Å². The number of rotatable bonds is 1. The zero-order valence-electron chi connectivity index (χ0n) is 6.33. The molecule has 48 valence electrons. The number of nitrogens with one attached hydrogen (secondary N) is 1. The van der Waals surface area contributed by atoms with E-state index >= 15 is 0 Å². The molecule has 0 saturated carbocycles. The van der Waals surface area contributed by atoms with E-state index in [0.717, 1.165) is 0 Å². The third-order valence-corrected chi connectivity index (χ3v) is 0.837. The van der Waals surface area contributed by atoms with E-state index in [9.17, 15) is 9.59 Å². The molecule has 0 unspecified atom stereocenters. The summed E-state index contributed by atoms with van der Waals surface area (Å²) in [5.41, 5.74) is 0.0895. The molecule has 0 radical (unpaired) electrons. The lowest BCUT2D eigenvalue weighted by Crippen LogP contribution is -2.12. The summed E-state index contributed by atoms with van der Waals surface area (Å²) >= 11 is 0. The van der Waals surface area contributed by atoms with E-state index in [1.807, 2.05) is 0 Å². The normalized spacial score (nSPS) is 20.7. The van der Waals surface area contributed by atoms with Crippen LogP contribution in [0.25, 0.3) is 1.43 Å². The SMILES string of the molecule is [3H]OC(=O)C1=NN([3H])C(=O)C1. The van der Waals surface area contributed by atoms with Crippen molar-refractivity contribution in [3.8, 4) is 0 Å². The van der Waals surface area contributed by atoms with Crippen molar-refractivity contribution in [2.24, 2.45) is 5.10 Å². The predicted molar refractivity (Wildman–Crippen MR) is 27.8 cm³/mol. The van der Waals surface area contributed by atoms with Crippen molar-refractivity contribution in [3.05, 3.63) is 0 Å². The van der Waals surface area contributed by atoms with Crippen molar-refractivity contribution in [1.82, 2.24) is 5.42 Å². The van der Waals surface area contributed by atoms with Gasteiger partial charge in [-0.05, 0) is 0 Å². The average Bonchev–Trinajstić information content (AvgIpc) is 2.31. The molecule has 0 spiro atoms. The minimum absolute atomic E-state index is 0.208. The second kappa shape index (κ2) is 1.85. The van der Waals surface area contributed by atoms with Crippen molar-refractivity contribution >= 4 is 17.6 Å². The number of carboxylic acid groups (broad SMARTS) is 1. The number of carboxylic acids is 1. The maximum absolute atomic E-state index is 10.6. The smallest absolute Gasteiger partial charge is 0.352 e. The quantitative estimate of drug-likeness (QED) is 0.477. The largest absolute Gasteiger partial charge is 0.477 e. The summed E-state index contributed by atoms with van der Waals surface area (Å²) in [6.45, 7) is 0. The van der Waals surface area contributed by atoms with Gasteiger partial charge in [-0.25, -0.2) is 10.2 Å². The molecule has 0 bridgehead atoms. The van der Waals surface area contributed by atoms with Crippen LogP contribution in [-0.2, 0) is 9.59 Å². The molecule has 0 atom stereocenters. The van der Waals surface area contributed by atoms with Crippen molar-refractivity contribution in [2.75, 3.05) is 0 Å². The second-order valence-corrected chi connectivity index (χ2v) is 1.50. The van der Waals surface area contributed by atoms with Crippen LogP contribution in [0.4, 0.5) is 0 Å². The third kappa shape index (κ3) is 1.04. The molecule has 0 aromatic rings. The summed E-state index contributed by atoms with van der Waals surface area (Å²) in [4.78, 5) is 21.1. The molecule has 9 heavy (non-hydrogen) atoms. The molecule has 0 aliphatic carbocycles. The van der Waals surface area contributed by atoms with E-state index in [2.05, 4.69) is 10.2 Å². The number of carbonyl (C=O) groups excluding carboxylic acids is 1. The van der Waals surface area contributed by atoms with Gasteiger partial charge in [0.2, 0.25) is 5.91 Å². The number of hydrogen-bond acceptors (Lipinski definition) is 4. The Hall–Kier alpha value is -1.39. The summed E-state index contributed by atoms with van der Waals surface area (Å²) in [5.74, 6) is -1.60. The zero-order chi connectivity index (χ0) is 8.43. The minimum atomic E-state index is -0.992. The molecular weight excluding hydrogens is 124 g/mol. The van der Waals surface area contributed by atoms with Gasteiger partial charge in [0.15, 0.2) is 7.12 Å². The zero-order valence-corrected chi connectivity index (χ0v) is 4.33. The van der Waals surface area contributed by atoms with Crippen LogP contribution in [0.5, 0.6) is 0 Å². The van der Waals surface area contributed by atoms with Crippen LogP contribution in [0.1, 0.15) is 6.42 Å². The van der Waals surface area contributed by atoms with Gasteiger partial charge in [0.1, 0.15) is 0 Å². The molecule has 5 nitrogen and oxygen atoms in total. The monoisotopic (exact) mass is 132 g/mol. The maximum atomic E-state index is 10.6. The molecule has 2 N–H and O–H groups in total. The molecule has 0 aromatic heterocycles. The highest BCUT2D eigenvalue weighted by Gasteiger charge is 2.19. The molecule has 1 aliphatic rings. The van der Waals surface area contributed by atoms with Crippen LogP contribution in [0.2, 0.25) is 1.41 Å². The minimum Gasteiger partial charge on any atom is -0.477 e. The second-order valence-electron chi connectivity index (χ2n) is 1.50. The Morgan fingerprint density at radius 1 is 2.11 bits per heavy atom. The van der Waals surface area contributed by atoms with E-state index in [1.165, 1.54) is 0 Å². The molecule has 0 aromatic carbocycles. The van der Waals surface area contributed by atoms with Crippen LogP contribution in [-0.4, -0.2) is 22.7 Å². The van der Waals surface area contributed by atoms with E-state index in [1.54, 1.807) is 0 Å². The number of hydrogen-bond donors (Lipinski definition) is 2. The van der Waals surface area contributed by atoms with Gasteiger partial charge >= 0.3 is 5.97 Å². The van der Waals surface area contributed by atoms with Gasteiger partial charge in [0.05, 0.1) is 6.42 Å². The van der Waals surface area contributed by atoms with Gasteiger partial charge in [-0.15, -0.1) is 0 Å². The van der Waals surface area contributed by atoms with Gasteiger partial charge in [0.25, 0.3) is 1.43 Å². The highest BCUT2D eigenvalue weighted by Crippen LogP contribution is 1.93. The lowest BCUT2D eigenvalue weighted by molar-refractivity contribution is -0.129. The van der Waals surface area contributed by atoms with Crippen LogP contribution in [0, 0.1) is 0 Å². The van der Waals surface area contributed by atoms with Crippen molar-refractivity contribution < 1.29 is 16.1 Å². The highest BCUT2D eigenvalue weighted by molar-refractivity contribution is 6.40. The Balaban J connectivity index is 2.71. The van der Waals surface area contributed by atoms with Crippen LogP contribution >= 0.6 is 0 Å². The molecule has 1 heterocycles. The van der Waals surface area contributed by atoms with Crippen molar-refractivity contribution in [3.63, 3.8) is 0 Å². The van der Waals surface area contributed by atoms with E-state index < -0.39 is 11.9 Å². The van der Waals surface area contributed by atoms with Crippen LogP contribution in [0.15, 0.2) is 5.10 Å². The van der Waals surface area contributed by atoms with Gasteiger partial charge < -0.3 is 5.11 Å². The molecule has 0 saturated heterocycles. The first kappa shape index (κ1) is 3.60. The number of aliphatic carboxylic acids is 1. The van der Waals surface area contributed by atoms with Gasteiger partial charge in [0, 0.05) is 0 Å². The summed E-state index contributed by atoms with van der Waals surface area (Å²) < 4.78 is 12.9. The molecule has 1 rings (SSSR count).